The maximum Gasteiger partial charge on any atom is 0.226 e. The van der Waals surface area contributed by atoms with E-state index in [4.69, 9.17) is 10.2 Å². The van der Waals surface area contributed by atoms with Crippen LogP contribution in [0.15, 0.2) is 65.3 Å². The van der Waals surface area contributed by atoms with Gasteiger partial charge in [-0.15, -0.1) is 0 Å². The first kappa shape index (κ1) is 11.7. The van der Waals surface area contributed by atoms with Crippen molar-refractivity contribution in [3.63, 3.8) is 0 Å². The van der Waals surface area contributed by atoms with Gasteiger partial charge < -0.3 is 10.2 Å². The molecule has 94 valence electrons. The lowest BCUT2D eigenvalue weighted by Crippen LogP contribution is -1.95. The van der Waals surface area contributed by atoms with E-state index in [1.54, 1.807) is 6.26 Å². The molecule has 0 spiro atoms. The van der Waals surface area contributed by atoms with Crippen LogP contribution in [0.2, 0.25) is 0 Å². The molecule has 0 saturated carbocycles. The Hall–Kier alpha value is -2.39. The first-order valence-electron chi connectivity index (χ1n) is 6.17. The highest BCUT2D eigenvalue weighted by atomic mass is 16.3. The van der Waals surface area contributed by atoms with Gasteiger partial charge in [0.05, 0.1) is 0 Å². The third kappa shape index (κ3) is 2.41. The molecule has 0 atom stereocenters. The van der Waals surface area contributed by atoms with Gasteiger partial charge >= 0.3 is 0 Å². The zero-order chi connectivity index (χ0) is 13.1. The van der Waals surface area contributed by atoms with Crippen molar-refractivity contribution in [1.82, 2.24) is 4.98 Å². The van der Waals surface area contributed by atoms with E-state index in [-0.39, 0.29) is 0 Å². The van der Waals surface area contributed by atoms with Gasteiger partial charge in [-0.1, -0.05) is 36.4 Å². The quantitative estimate of drug-likeness (QED) is 0.774. The predicted molar refractivity (Wildman–Crippen MR) is 75.3 cm³/mol. The van der Waals surface area contributed by atoms with Crippen molar-refractivity contribution in [1.29, 1.82) is 0 Å². The molecule has 3 heteroatoms. The number of hydrogen-bond donors (Lipinski definition) is 1. The van der Waals surface area contributed by atoms with Crippen LogP contribution < -0.4 is 5.73 Å². The van der Waals surface area contributed by atoms with Crippen LogP contribution >= 0.6 is 0 Å². The Bertz CT molecular complexity index is 674. The van der Waals surface area contributed by atoms with Gasteiger partial charge in [-0.25, -0.2) is 4.98 Å². The van der Waals surface area contributed by atoms with Crippen LogP contribution in [-0.4, -0.2) is 4.98 Å². The highest BCUT2D eigenvalue weighted by Crippen LogP contribution is 2.24. The average molecular weight is 250 g/mol. The Kier molecular flexibility index (Phi) is 3.12. The molecule has 3 rings (SSSR count). The predicted octanol–water partition coefficient (Wildman–Crippen LogP) is 3.47. The third-order valence-electron chi connectivity index (χ3n) is 2.98. The SMILES string of the molecule is NCc1cccc(-c2coc(-c3ccccc3)n2)c1. The van der Waals surface area contributed by atoms with E-state index in [1.807, 2.05) is 54.6 Å². The Morgan fingerprint density at radius 1 is 0.947 bits per heavy atom. The smallest absolute Gasteiger partial charge is 0.226 e. The summed E-state index contributed by atoms with van der Waals surface area (Å²) in [6.07, 6.45) is 1.68. The maximum atomic E-state index is 5.65. The second-order valence-electron chi connectivity index (χ2n) is 4.31. The van der Waals surface area contributed by atoms with Crippen LogP contribution in [0, 0.1) is 0 Å². The highest BCUT2D eigenvalue weighted by molar-refractivity contribution is 5.63. The summed E-state index contributed by atoms with van der Waals surface area (Å²) in [5, 5.41) is 0. The molecule has 0 fully saturated rings. The van der Waals surface area contributed by atoms with Gasteiger partial charge in [0, 0.05) is 17.7 Å². The standard InChI is InChI=1S/C16H14N2O/c17-10-12-5-4-8-14(9-12)15-11-19-16(18-15)13-6-2-1-3-7-13/h1-9,11H,10,17H2. The fraction of sp³-hybridized carbons (Fsp3) is 0.0625. The van der Waals surface area contributed by atoms with Crippen molar-refractivity contribution in [2.45, 2.75) is 6.54 Å². The molecular formula is C16H14N2O. The molecule has 0 radical (unpaired) electrons. The van der Waals surface area contributed by atoms with Crippen molar-refractivity contribution in [3.05, 3.63) is 66.4 Å². The summed E-state index contributed by atoms with van der Waals surface area (Å²) in [5.74, 6) is 0.633. The molecule has 3 aromatic rings. The molecular weight excluding hydrogens is 236 g/mol. The molecule has 0 unspecified atom stereocenters. The summed E-state index contributed by atoms with van der Waals surface area (Å²) < 4.78 is 5.54. The number of hydrogen-bond acceptors (Lipinski definition) is 3. The average Bonchev–Trinajstić information content (AvgIpc) is 2.98. The summed E-state index contributed by atoms with van der Waals surface area (Å²) in [4.78, 5) is 4.52. The lowest BCUT2D eigenvalue weighted by Gasteiger charge is -1.99. The van der Waals surface area contributed by atoms with E-state index in [0.717, 1.165) is 22.4 Å². The van der Waals surface area contributed by atoms with Crippen molar-refractivity contribution in [2.24, 2.45) is 5.73 Å². The van der Waals surface area contributed by atoms with Crippen LogP contribution in [0.4, 0.5) is 0 Å². The Labute approximate surface area is 111 Å². The summed E-state index contributed by atoms with van der Waals surface area (Å²) >= 11 is 0. The number of rotatable bonds is 3. The molecule has 1 aromatic heterocycles. The van der Waals surface area contributed by atoms with Crippen LogP contribution in [0.5, 0.6) is 0 Å². The van der Waals surface area contributed by atoms with Crippen LogP contribution in [0.25, 0.3) is 22.7 Å². The van der Waals surface area contributed by atoms with Gasteiger partial charge in [0.2, 0.25) is 5.89 Å². The topological polar surface area (TPSA) is 52.0 Å². The molecule has 0 aliphatic heterocycles. The Balaban J connectivity index is 1.97. The molecule has 0 aliphatic carbocycles. The monoisotopic (exact) mass is 250 g/mol. The van der Waals surface area contributed by atoms with E-state index in [9.17, 15) is 0 Å². The fourth-order valence-corrected chi connectivity index (χ4v) is 1.98. The molecule has 1 heterocycles. The normalized spacial score (nSPS) is 10.6. The van der Waals surface area contributed by atoms with Crippen molar-refractivity contribution >= 4 is 0 Å². The number of oxazole rings is 1. The molecule has 2 N–H and O–H groups in total. The second kappa shape index (κ2) is 5.08. The van der Waals surface area contributed by atoms with E-state index in [0.29, 0.717) is 12.4 Å². The van der Waals surface area contributed by atoms with Crippen molar-refractivity contribution < 1.29 is 4.42 Å². The molecule has 0 saturated heterocycles. The molecule has 0 aliphatic rings. The minimum absolute atomic E-state index is 0.525. The maximum absolute atomic E-state index is 5.65. The lowest BCUT2D eigenvalue weighted by atomic mass is 10.1. The molecule has 19 heavy (non-hydrogen) atoms. The number of nitrogens with zero attached hydrogens (tertiary/aromatic N) is 1. The second-order valence-corrected chi connectivity index (χ2v) is 4.31. The summed E-state index contributed by atoms with van der Waals surface area (Å²) in [5.41, 5.74) is 9.56. The van der Waals surface area contributed by atoms with Gasteiger partial charge in [0.25, 0.3) is 0 Å². The van der Waals surface area contributed by atoms with Crippen LogP contribution in [-0.2, 0) is 6.54 Å². The minimum Gasteiger partial charge on any atom is -0.444 e. The summed E-state index contributed by atoms with van der Waals surface area (Å²) in [6, 6.07) is 17.9. The van der Waals surface area contributed by atoms with E-state index < -0.39 is 0 Å². The number of benzene rings is 2. The fourth-order valence-electron chi connectivity index (χ4n) is 1.98. The highest BCUT2D eigenvalue weighted by Gasteiger charge is 2.08. The van der Waals surface area contributed by atoms with Gasteiger partial charge in [0.15, 0.2) is 0 Å². The third-order valence-corrected chi connectivity index (χ3v) is 2.98. The largest absolute Gasteiger partial charge is 0.444 e. The number of aromatic nitrogens is 1. The van der Waals surface area contributed by atoms with Crippen molar-refractivity contribution in [2.75, 3.05) is 0 Å². The Morgan fingerprint density at radius 2 is 1.74 bits per heavy atom. The molecule has 3 nitrogen and oxygen atoms in total. The molecule has 2 aromatic carbocycles. The van der Waals surface area contributed by atoms with Crippen LogP contribution in [0.1, 0.15) is 5.56 Å². The van der Waals surface area contributed by atoms with E-state index in [1.165, 1.54) is 0 Å². The van der Waals surface area contributed by atoms with Crippen LogP contribution in [0.3, 0.4) is 0 Å². The lowest BCUT2D eigenvalue weighted by molar-refractivity contribution is 0.575. The van der Waals surface area contributed by atoms with E-state index in [2.05, 4.69) is 4.98 Å². The van der Waals surface area contributed by atoms with Gasteiger partial charge in [0.1, 0.15) is 12.0 Å². The minimum atomic E-state index is 0.525. The number of nitrogens with two attached hydrogens (primary N) is 1. The zero-order valence-electron chi connectivity index (χ0n) is 10.4. The zero-order valence-corrected chi connectivity index (χ0v) is 10.4. The first-order chi connectivity index (χ1) is 9.36. The van der Waals surface area contributed by atoms with E-state index >= 15 is 0 Å². The van der Waals surface area contributed by atoms with Gasteiger partial charge in [-0.2, -0.15) is 0 Å². The molecule has 0 bridgehead atoms. The van der Waals surface area contributed by atoms with Gasteiger partial charge in [-0.05, 0) is 23.8 Å². The summed E-state index contributed by atoms with van der Waals surface area (Å²) in [6.45, 7) is 0.525. The first-order valence-corrected chi connectivity index (χ1v) is 6.17. The Morgan fingerprint density at radius 3 is 2.53 bits per heavy atom. The summed E-state index contributed by atoms with van der Waals surface area (Å²) in [7, 11) is 0. The van der Waals surface area contributed by atoms with Gasteiger partial charge in [-0.3, -0.25) is 0 Å². The van der Waals surface area contributed by atoms with Crippen molar-refractivity contribution in [3.8, 4) is 22.7 Å². The molecule has 0 amide bonds.